The van der Waals surface area contributed by atoms with Crippen molar-refractivity contribution in [1.29, 1.82) is 0 Å². The Balaban J connectivity index is 2.44. The molecule has 0 aliphatic heterocycles. The van der Waals surface area contributed by atoms with Crippen LogP contribution in [0.25, 0.3) is 33.8 Å². The minimum absolute atomic E-state index is 0.167. The fourth-order valence-corrected chi connectivity index (χ4v) is 2.85. The Morgan fingerprint density at radius 1 is 0.895 bits per heavy atom. The van der Waals surface area contributed by atoms with Gasteiger partial charge in [0, 0.05) is 23.4 Å². The second kappa shape index (κ2) is 3.75. The van der Waals surface area contributed by atoms with Crippen LogP contribution in [0.1, 0.15) is 6.42 Å². The molecule has 0 spiro atoms. The van der Waals surface area contributed by atoms with Gasteiger partial charge in [-0.25, -0.2) is 0 Å². The van der Waals surface area contributed by atoms with Crippen molar-refractivity contribution in [3.05, 3.63) is 53.0 Å². The van der Waals surface area contributed by atoms with Crippen LogP contribution < -0.4 is 10.4 Å². The molecule has 1 aliphatic rings. The van der Waals surface area contributed by atoms with Gasteiger partial charge in [-0.1, -0.05) is 36.4 Å². The lowest BCUT2D eigenvalue weighted by Gasteiger charge is -2.08. The Morgan fingerprint density at radius 3 is 2.58 bits per heavy atom. The van der Waals surface area contributed by atoms with Crippen molar-refractivity contribution in [3.63, 3.8) is 0 Å². The molecule has 2 aromatic carbocycles. The Hall–Kier alpha value is -2.48. The highest BCUT2D eigenvalue weighted by Gasteiger charge is 2.10. The molecule has 0 radical (unpaired) electrons. The van der Waals surface area contributed by atoms with Crippen LogP contribution in [-0.2, 0) is 4.79 Å². The normalized spacial score (nSPS) is 14.0. The maximum absolute atomic E-state index is 11.7. The van der Waals surface area contributed by atoms with Crippen LogP contribution >= 0.6 is 0 Å². The van der Waals surface area contributed by atoms with E-state index in [1.165, 1.54) is 0 Å². The van der Waals surface area contributed by atoms with Crippen molar-refractivity contribution in [2.24, 2.45) is 0 Å². The van der Waals surface area contributed by atoms with E-state index in [-0.39, 0.29) is 5.78 Å². The fourth-order valence-electron chi connectivity index (χ4n) is 2.85. The van der Waals surface area contributed by atoms with Crippen LogP contribution in [0.4, 0.5) is 0 Å². The molecular weight excluding hydrogens is 234 g/mol. The van der Waals surface area contributed by atoms with Gasteiger partial charge in [-0.3, -0.25) is 9.78 Å². The second-order valence-corrected chi connectivity index (χ2v) is 4.79. The first-order chi connectivity index (χ1) is 9.34. The number of benzene rings is 2. The molecule has 1 aromatic heterocycles. The minimum atomic E-state index is 0.167. The molecule has 0 saturated carbocycles. The Bertz CT molecular complexity index is 954. The molecule has 19 heavy (non-hydrogen) atoms. The largest absolute Gasteiger partial charge is 0.294 e. The number of nitrogens with zero attached hydrogens (tertiary/aromatic N) is 1. The predicted octanol–water partition coefficient (Wildman–Crippen LogP) is 1.92. The lowest BCUT2D eigenvalue weighted by molar-refractivity contribution is -0.112. The van der Waals surface area contributed by atoms with Crippen LogP contribution in [-0.4, -0.2) is 10.8 Å². The summed E-state index contributed by atoms with van der Waals surface area (Å²) in [6.45, 7) is 0. The van der Waals surface area contributed by atoms with E-state index in [0.29, 0.717) is 6.42 Å². The summed E-state index contributed by atoms with van der Waals surface area (Å²) in [6, 6.07) is 12.2. The molecule has 1 heterocycles. The van der Waals surface area contributed by atoms with Crippen LogP contribution in [0, 0.1) is 0 Å². The van der Waals surface area contributed by atoms with Gasteiger partial charge in [-0.05, 0) is 28.0 Å². The summed E-state index contributed by atoms with van der Waals surface area (Å²) in [6.07, 6.45) is 6.09. The zero-order valence-electron chi connectivity index (χ0n) is 10.3. The Labute approximate surface area is 109 Å². The molecule has 0 bridgehead atoms. The quantitative estimate of drug-likeness (QED) is 0.566. The number of carbonyl (C=O) groups excluding carboxylic acids is 1. The highest BCUT2D eigenvalue weighted by atomic mass is 16.1. The number of ketones is 1. The summed E-state index contributed by atoms with van der Waals surface area (Å²) in [5, 5.41) is 5.51. The zero-order valence-corrected chi connectivity index (χ0v) is 10.3. The van der Waals surface area contributed by atoms with Gasteiger partial charge in [0.2, 0.25) is 0 Å². The molecule has 0 N–H and O–H groups in total. The van der Waals surface area contributed by atoms with Gasteiger partial charge in [0.25, 0.3) is 0 Å². The molecule has 0 atom stereocenters. The smallest absolute Gasteiger partial charge is 0.160 e. The highest BCUT2D eigenvalue weighted by Crippen LogP contribution is 2.18. The molecule has 0 unspecified atom stereocenters. The van der Waals surface area contributed by atoms with Crippen LogP contribution in [0.15, 0.2) is 42.6 Å². The van der Waals surface area contributed by atoms with E-state index >= 15 is 0 Å². The molecule has 0 saturated heterocycles. The average Bonchev–Trinajstić information content (AvgIpc) is 2.47. The third-order valence-electron chi connectivity index (χ3n) is 3.67. The van der Waals surface area contributed by atoms with Gasteiger partial charge < -0.3 is 0 Å². The average molecular weight is 245 g/mol. The molecule has 1 aliphatic carbocycles. The number of fused-ring (bicyclic) bond motifs is 6. The molecule has 0 fully saturated rings. The number of carbonyl (C=O) groups is 1. The van der Waals surface area contributed by atoms with E-state index in [4.69, 9.17) is 0 Å². The third-order valence-corrected chi connectivity index (χ3v) is 3.67. The van der Waals surface area contributed by atoms with Gasteiger partial charge in [0.05, 0.1) is 5.52 Å². The first-order valence-electron chi connectivity index (χ1n) is 6.35. The highest BCUT2D eigenvalue weighted by molar-refractivity contribution is 6.14. The third kappa shape index (κ3) is 1.43. The molecule has 4 rings (SSSR count). The summed E-state index contributed by atoms with van der Waals surface area (Å²) in [7, 11) is 0. The van der Waals surface area contributed by atoms with Crippen LogP contribution in [0.3, 0.4) is 0 Å². The topological polar surface area (TPSA) is 30.0 Å². The number of hydrogen-bond acceptors (Lipinski definition) is 2. The van der Waals surface area contributed by atoms with Crippen molar-refractivity contribution < 1.29 is 4.79 Å². The molecule has 2 nitrogen and oxygen atoms in total. The summed E-state index contributed by atoms with van der Waals surface area (Å²) >= 11 is 0. The SMILES string of the molecule is O=C1C=c2c(c3cccnc3c3ccccc23)=CC1. The van der Waals surface area contributed by atoms with Crippen molar-refractivity contribution in [3.8, 4) is 0 Å². The molecular formula is C17H11NO. The van der Waals surface area contributed by atoms with Crippen molar-refractivity contribution in [2.45, 2.75) is 6.42 Å². The van der Waals surface area contributed by atoms with Gasteiger partial charge >= 0.3 is 0 Å². The monoisotopic (exact) mass is 245 g/mol. The van der Waals surface area contributed by atoms with Crippen molar-refractivity contribution >= 4 is 39.6 Å². The zero-order chi connectivity index (χ0) is 12.8. The van der Waals surface area contributed by atoms with E-state index in [2.05, 4.69) is 23.2 Å². The maximum atomic E-state index is 11.7. The summed E-state index contributed by atoms with van der Waals surface area (Å²) in [5.74, 6) is 0.167. The van der Waals surface area contributed by atoms with E-state index < -0.39 is 0 Å². The number of rotatable bonds is 0. The van der Waals surface area contributed by atoms with Gasteiger partial charge in [-0.2, -0.15) is 0 Å². The molecule has 90 valence electrons. The van der Waals surface area contributed by atoms with Gasteiger partial charge in [0.1, 0.15) is 0 Å². The molecule has 3 aromatic rings. The van der Waals surface area contributed by atoms with Crippen molar-refractivity contribution in [1.82, 2.24) is 4.98 Å². The number of aromatic nitrogens is 1. The fraction of sp³-hybridized carbons (Fsp3) is 0.0588. The molecule has 0 amide bonds. The Kier molecular flexibility index (Phi) is 2.06. The maximum Gasteiger partial charge on any atom is 0.160 e. The van der Waals surface area contributed by atoms with E-state index in [9.17, 15) is 4.79 Å². The standard InChI is InChI=1S/C17H11NO/c19-11-7-8-13-15-6-3-9-18-17(15)14-5-2-1-4-12(14)16(13)10-11/h1-6,8-10H,7H2. The van der Waals surface area contributed by atoms with E-state index in [1.54, 1.807) is 6.08 Å². The van der Waals surface area contributed by atoms with Crippen LogP contribution in [0.5, 0.6) is 0 Å². The second-order valence-electron chi connectivity index (χ2n) is 4.79. The van der Waals surface area contributed by atoms with E-state index in [0.717, 1.165) is 32.1 Å². The minimum Gasteiger partial charge on any atom is -0.294 e. The number of Topliss-reactive ketones (excluding diaryl/α,β-unsaturated/α-hetero) is 1. The Morgan fingerprint density at radius 2 is 1.68 bits per heavy atom. The molecule has 2 heteroatoms. The van der Waals surface area contributed by atoms with Crippen molar-refractivity contribution in [2.75, 3.05) is 0 Å². The first kappa shape index (κ1) is 10.4. The van der Waals surface area contributed by atoms with E-state index in [1.807, 2.05) is 30.5 Å². The number of pyridine rings is 1. The summed E-state index contributed by atoms with van der Waals surface area (Å²) < 4.78 is 0. The predicted molar refractivity (Wildman–Crippen MR) is 77.1 cm³/mol. The number of hydrogen-bond donors (Lipinski definition) is 0. The lowest BCUT2D eigenvalue weighted by Crippen LogP contribution is -2.31. The van der Waals surface area contributed by atoms with Crippen LogP contribution in [0.2, 0.25) is 0 Å². The lowest BCUT2D eigenvalue weighted by atomic mass is 9.96. The van der Waals surface area contributed by atoms with Gasteiger partial charge in [-0.15, -0.1) is 0 Å². The first-order valence-corrected chi connectivity index (χ1v) is 6.35. The van der Waals surface area contributed by atoms with Gasteiger partial charge in [0.15, 0.2) is 5.78 Å². The summed E-state index contributed by atoms with van der Waals surface area (Å²) in [4.78, 5) is 16.2. The summed E-state index contributed by atoms with van der Waals surface area (Å²) in [5.41, 5.74) is 1.01.